The molecule has 3 rings (SSSR count). The predicted molar refractivity (Wildman–Crippen MR) is 84.5 cm³/mol. The summed E-state index contributed by atoms with van der Waals surface area (Å²) in [6.45, 7) is 2.37. The van der Waals surface area contributed by atoms with Crippen molar-refractivity contribution in [3.8, 4) is 0 Å². The molecule has 0 bridgehead atoms. The van der Waals surface area contributed by atoms with Gasteiger partial charge in [-0.25, -0.2) is 5.01 Å². The first-order valence-corrected chi connectivity index (χ1v) is 7.93. The highest BCUT2D eigenvalue weighted by atomic mass is 16.2. The molecule has 0 saturated carbocycles. The fourth-order valence-electron chi connectivity index (χ4n) is 3.10. The first-order valence-electron chi connectivity index (χ1n) is 7.93. The van der Waals surface area contributed by atoms with Gasteiger partial charge in [0.05, 0.1) is 0 Å². The molecule has 116 valence electrons. The van der Waals surface area contributed by atoms with Crippen molar-refractivity contribution in [2.24, 2.45) is 5.10 Å². The lowest BCUT2D eigenvalue weighted by Crippen LogP contribution is -2.44. The fourth-order valence-corrected chi connectivity index (χ4v) is 3.10. The van der Waals surface area contributed by atoms with Crippen molar-refractivity contribution in [3.63, 3.8) is 0 Å². The lowest BCUT2D eigenvalue weighted by molar-refractivity contribution is -0.131. The number of rotatable bonds is 3. The minimum absolute atomic E-state index is 0.00866. The molecule has 2 amide bonds. The third-order valence-electron chi connectivity index (χ3n) is 4.35. The SMILES string of the molecule is CCN1N=C(C(=O)NC2CCc3ccccc3C2)CCC1=O. The van der Waals surface area contributed by atoms with Gasteiger partial charge in [-0.2, -0.15) is 5.10 Å². The molecule has 0 spiro atoms. The Morgan fingerprint density at radius 3 is 2.82 bits per heavy atom. The first-order chi connectivity index (χ1) is 10.7. The van der Waals surface area contributed by atoms with Crippen molar-refractivity contribution in [2.45, 2.75) is 45.1 Å². The van der Waals surface area contributed by atoms with Gasteiger partial charge in [0.2, 0.25) is 5.91 Å². The first kappa shape index (κ1) is 14.8. The molecule has 1 aromatic carbocycles. The van der Waals surface area contributed by atoms with Gasteiger partial charge < -0.3 is 5.32 Å². The van der Waals surface area contributed by atoms with Gasteiger partial charge in [0.25, 0.3) is 5.91 Å². The van der Waals surface area contributed by atoms with Crippen LogP contribution in [0.4, 0.5) is 0 Å². The van der Waals surface area contributed by atoms with E-state index in [0.29, 0.717) is 25.1 Å². The summed E-state index contributed by atoms with van der Waals surface area (Å²) in [7, 11) is 0. The van der Waals surface area contributed by atoms with Gasteiger partial charge in [0.1, 0.15) is 5.71 Å². The molecule has 0 radical (unpaired) electrons. The fraction of sp³-hybridized carbons (Fsp3) is 0.471. The van der Waals surface area contributed by atoms with E-state index >= 15 is 0 Å². The number of nitrogens with zero attached hydrogens (tertiary/aromatic N) is 2. The van der Waals surface area contributed by atoms with E-state index in [0.717, 1.165) is 19.3 Å². The molecule has 1 heterocycles. The quantitative estimate of drug-likeness (QED) is 0.922. The highest BCUT2D eigenvalue weighted by molar-refractivity contribution is 6.39. The summed E-state index contributed by atoms with van der Waals surface area (Å²) < 4.78 is 0. The Labute approximate surface area is 130 Å². The van der Waals surface area contributed by atoms with Crippen molar-refractivity contribution in [1.82, 2.24) is 10.3 Å². The number of hydrogen-bond donors (Lipinski definition) is 1. The maximum Gasteiger partial charge on any atom is 0.267 e. The summed E-state index contributed by atoms with van der Waals surface area (Å²) >= 11 is 0. The van der Waals surface area contributed by atoms with Crippen LogP contribution in [0.2, 0.25) is 0 Å². The van der Waals surface area contributed by atoms with Gasteiger partial charge in [-0.1, -0.05) is 24.3 Å². The highest BCUT2D eigenvalue weighted by Gasteiger charge is 2.26. The molecule has 2 aliphatic rings. The van der Waals surface area contributed by atoms with Crippen LogP contribution in [-0.2, 0) is 22.4 Å². The Kier molecular flexibility index (Phi) is 4.22. The smallest absolute Gasteiger partial charge is 0.267 e. The van der Waals surface area contributed by atoms with Crippen LogP contribution >= 0.6 is 0 Å². The lowest BCUT2D eigenvalue weighted by atomic mass is 9.88. The Morgan fingerprint density at radius 1 is 1.27 bits per heavy atom. The van der Waals surface area contributed by atoms with Gasteiger partial charge >= 0.3 is 0 Å². The van der Waals surface area contributed by atoms with E-state index < -0.39 is 0 Å². The molecule has 1 atom stereocenters. The summed E-state index contributed by atoms with van der Waals surface area (Å²) in [6, 6.07) is 8.54. The summed E-state index contributed by atoms with van der Waals surface area (Å²) in [5, 5.41) is 8.64. The predicted octanol–water partition coefficient (Wildman–Crippen LogP) is 1.66. The van der Waals surface area contributed by atoms with Crippen LogP contribution < -0.4 is 5.32 Å². The van der Waals surface area contributed by atoms with Crippen LogP contribution in [0.3, 0.4) is 0 Å². The van der Waals surface area contributed by atoms with E-state index in [-0.39, 0.29) is 17.9 Å². The number of fused-ring (bicyclic) bond motifs is 1. The van der Waals surface area contributed by atoms with Crippen LogP contribution in [0.5, 0.6) is 0 Å². The molecular formula is C17H21N3O2. The maximum atomic E-state index is 12.4. The molecule has 0 saturated heterocycles. The third-order valence-corrected chi connectivity index (χ3v) is 4.35. The second-order valence-electron chi connectivity index (χ2n) is 5.84. The topological polar surface area (TPSA) is 61.8 Å². The Balaban J connectivity index is 1.64. The molecular weight excluding hydrogens is 278 g/mol. The number of hydrogen-bond acceptors (Lipinski definition) is 3. The number of hydrazone groups is 1. The minimum atomic E-state index is -0.129. The Hall–Kier alpha value is -2.17. The number of benzene rings is 1. The molecule has 1 unspecified atom stereocenters. The van der Waals surface area contributed by atoms with E-state index in [9.17, 15) is 9.59 Å². The molecule has 1 aromatic rings. The van der Waals surface area contributed by atoms with E-state index in [2.05, 4.69) is 28.6 Å². The summed E-state index contributed by atoms with van der Waals surface area (Å²) in [6.07, 6.45) is 3.61. The molecule has 22 heavy (non-hydrogen) atoms. The largest absolute Gasteiger partial charge is 0.348 e. The van der Waals surface area contributed by atoms with Crippen LogP contribution in [0.15, 0.2) is 29.4 Å². The van der Waals surface area contributed by atoms with Crippen LogP contribution in [0, 0.1) is 0 Å². The van der Waals surface area contributed by atoms with Crippen molar-refractivity contribution >= 4 is 17.5 Å². The third kappa shape index (κ3) is 3.03. The standard InChI is InChI=1S/C17H21N3O2/c1-2-20-16(21)10-9-15(19-20)17(22)18-14-8-7-12-5-3-4-6-13(12)11-14/h3-6,14H,2,7-11H2,1H3,(H,18,22). The van der Waals surface area contributed by atoms with Gasteiger partial charge in [-0.15, -0.1) is 0 Å². The number of nitrogens with one attached hydrogen (secondary N) is 1. The average Bonchev–Trinajstić information content (AvgIpc) is 2.55. The van der Waals surface area contributed by atoms with Crippen molar-refractivity contribution < 1.29 is 9.59 Å². The maximum absolute atomic E-state index is 12.4. The van der Waals surface area contributed by atoms with Crippen molar-refractivity contribution in [1.29, 1.82) is 0 Å². The molecule has 0 fully saturated rings. The summed E-state index contributed by atoms with van der Waals surface area (Å²) in [5.74, 6) is -0.138. The molecule has 1 N–H and O–H groups in total. The Morgan fingerprint density at radius 2 is 2.05 bits per heavy atom. The second kappa shape index (κ2) is 6.30. The number of aryl methyl sites for hydroxylation is 1. The zero-order valence-electron chi connectivity index (χ0n) is 12.8. The molecule has 1 aliphatic carbocycles. The van der Waals surface area contributed by atoms with Crippen molar-refractivity contribution in [3.05, 3.63) is 35.4 Å². The molecule has 5 nitrogen and oxygen atoms in total. The summed E-state index contributed by atoms with van der Waals surface area (Å²) in [4.78, 5) is 24.0. The number of carbonyl (C=O) groups excluding carboxylic acids is 2. The summed E-state index contributed by atoms with van der Waals surface area (Å²) in [5.41, 5.74) is 3.17. The van der Waals surface area contributed by atoms with Gasteiger partial charge in [-0.05, 0) is 37.3 Å². The average molecular weight is 299 g/mol. The van der Waals surface area contributed by atoms with Crippen LogP contribution in [0.1, 0.15) is 37.3 Å². The Bertz CT molecular complexity index is 624. The molecule has 1 aliphatic heterocycles. The van der Waals surface area contributed by atoms with Gasteiger partial charge in [0, 0.05) is 25.4 Å². The number of amides is 2. The van der Waals surface area contributed by atoms with E-state index in [1.165, 1.54) is 16.1 Å². The van der Waals surface area contributed by atoms with Gasteiger partial charge in [0.15, 0.2) is 0 Å². The normalized spacial score (nSPS) is 21.1. The monoisotopic (exact) mass is 299 g/mol. The van der Waals surface area contributed by atoms with Gasteiger partial charge in [-0.3, -0.25) is 9.59 Å². The number of carbonyl (C=O) groups is 2. The molecule has 5 heteroatoms. The van der Waals surface area contributed by atoms with Crippen LogP contribution in [-0.4, -0.2) is 35.1 Å². The second-order valence-corrected chi connectivity index (χ2v) is 5.84. The van der Waals surface area contributed by atoms with E-state index in [4.69, 9.17) is 0 Å². The molecule has 0 aromatic heterocycles. The minimum Gasteiger partial charge on any atom is -0.348 e. The zero-order valence-corrected chi connectivity index (χ0v) is 12.8. The lowest BCUT2D eigenvalue weighted by Gasteiger charge is -2.27. The highest BCUT2D eigenvalue weighted by Crippen LogP contribution is 2.21. The zero-order chi connectivity index (χ0) is 15.5. The van der Waals surface area contributed by atoms with Crippen molar-refractivity contribution in [2.75, 3.05) is 6.54 Å². The van der Waals surface area contributed by atoms with E-state index in [1.807, 2.05) is 13.0 Å². The van der Waals surface area contributed by atoms with Crippen LogP contribution in [0.25, 0.3) is 0 Å². The van der Waals surface area contributed by atoms with E-state index in [1.54, 1.807) is 0 Å².